The highest BCUT2D eigenvalue weighted by Gasteiger charge is 2.41. The number of thioether (sulfide) groups is 1. The maximum Gasteiger partial charge on any atom is 0.312 e. The number of ether oxygens (including phenoxy) is 2. The number of hydrogen-bond donors (Lipinski definition) is 0. The molecule has 1 aromatic rings. The number of esters is 1. The summed E-state index contributed by atoms with van der Waals surface area (Å²) in [6.45, 7) is 13.4. The molecule has 0 unspecified atom stereocenters. The van der Waals surface area contributed by atoms with Crippen molar-refractivity contribution in [2.24, 2.45) is 17.3 Å². The van der Waals surface area contributed by atoms with Crippen molar-refractivity contribution in [2.45, 2.75) is 72.4 Å². The van der Waals surface area contributed by atoms with Gasteiger partial charge in [-0.25, -0.2) is 4.98 Å². The van der Waals surface area contributed by atoms with Crippen LogP contribution in [0, 0.1) is 17.3 Å². The van der Waals surface area contributed by atoms with E-state index in [2.05, 4.69) is 37.7 Å². The van der Waals surface area contributed by atoms with Gasteiger partial charge in [-0.1, -0.05) is 52.3 Å². The number of aromatic nitrogens is 2. The van der Waals surface area contributed by atoms with Gasteiger partial charge in [0.25, 0.3) is 0 Å². The first kappa shape index (κ1) is 23.7. The predicted molar refractivity (Wildman–Crippen MR) is 111 cm³/mol. The first-order valence-electron chi connectivity index (χ1n) is 10.1. The smallest absolute Gasteiger partial charge is 0.312 e. The van der Waals surface area contributed by atoms with Crippen LogP contribution < -0.4 is 4.74 Å². The lowest BCUT2D eigenvalue weighted by Crippen LogP contribution is -2.39. The summed E-state index contributed by atoms with van der Waals surface area (Å²) in [6, 6.07) is 1.78. The van der Waals surface area contributed by atoms with E-state index in [1.807, 2.05) is 13.8 Å². The summed E-state index contributed by atoms with van der Waals surface area (Å²) >= 11 is 1.65. The Morgan fingerprint density at radius 3 is 2.44 bits per heavy atom. The molecule has 1 rings (SSSR count). The van der Waals surface area contributed by atoms with Crippen LogP contribution in [0.5, 0.6) is 5.88 Å². The van der Waals surface area contributed by atoms with Crippen molar-refractivity contribution < 1.29 is 14.3 Å². The Kier molecular flexibility index (Phi) is 10.7. The van der Waals surface area contributed by atoms with E-state index in [9.17, 15) is 4.79 Å². The van der Waals surface area contributed by atoms with Crippen molar-refractivity contribution >= 4 is 17.7 Å². The zero-order chi connectivity index (χ0) is 20.3. The summed E-state index contributed by atoms with van der Waals surface area (Å²) in [5.41, 5.74) is -0.410. The summed E-state index contributed by atoms with van der Waals surface area (Å²) in [5.74, 6) is 2.09. The molecule has 0 saturated carbocycles. The Bertz CT molecular complexity index is 556. The molecular weight excluding hydrogens is 360 g/mol. The number of unbranched alkanes of at least 4 members (excludes halogenated alkanes) is 3. The van der Waals surface area contributed by atoms with E-state index in [1.54, 1.807) is 24.0 Å². The third-order valence-corrected chi connectivity index (χ3v) is 6.19. The lowest BCUT2D eigenvalue weighted by Gasteiger charge is -2.35. The minimum absolute atomic E-state index is 0.0608. The molecule has 0 aliphatic carbocycles. The van der Waals surface area contributed by atoms with E-state index >= 15 is 0 Å². The molecule has 0 atom stereocenters. The van der Waals surface area contributed by atoms with Gasteiger partial charge in [0.15, 0.2) is 5.16 Å². The average Bonchev–Trinajstić information content (AvgIpc) is 2.63. The van der Waals surface area contributed by atoms with Gasteiger partial charge in [-0.2, -0.15) is 4.98 Å². The third kappa shape index (κ3) is 7.68. The topological polar surface area (TPSA) is 61.3 Å². The Hall–Kier alpha value is -1.30. The van der Waals surface area contributed by atoms with Crippen molar-refractivity contribution in [1.82, 2.24) is 9.97 Å². The normalized spacial score (nSPS) is 11.9. The van der Waals surface area contributed by atoms with Crippen LogP contribution in [-0.2, 0) is 9.53 Å². The summed E-state index contributed by atoms with van der Waals surface area (Å²) in [5, 5.41) is 0.761. The molecule has 1 aromatic heterocycles. The first-order chi connectivity index (χ1) is 12.8. The predicted octanol–water partition coefficient (Wildman–Crippen LogP) is 5.39. The maximum absolute atomic E-state index is 12.5. The van der Waals surface area contributed by atoms with Crippen LogP contribution in [0.15, 0.2) is 17.4 Å². The van der Waals surface area contributed by atoms with Crippen molar-refractivity contribution in [3.05, 3.63) is 12.3 Å². The number of rotatable bonds is 13. The van der Waals surface area contributed by atoms with Gasteiger partial charge in [-0.05, 0) is 38.5 Å². The van der Waals surface area contributed by atoms with Gasteiger partial charge in [-0.3, -0.25) is 4.79 Å². The zero-order valence-electron chi connectivity index (χ0n) is 17.8. The fourth-order valence-electron chi connectivity index (χ4n) is 2.80. The molecule has 6 heteroatoms. The van der Waals surface area contributed by atoms with Gasteiger partial charge in [-0.15, -0.1) is 0 Å². The van der Waals surface area contributed by atoms with Crippen LogP contribution in [0.4, 0.5) is 0 Å². The highest BCUT2D eigenvalue weighted by Crippen LogP contribution is 2.36. The Balaban J connectivity index is 2.17. The van der Waals surface area contributed by atoms with Gasteiger partial charge in [0, 0.05) is 18.0 Å². The Morgan fingerprint density at radius 1 is 1.15 bits per heavy atom. The van der Waals surface area contributed by atoms with Gasteiger partial charge in [0.1, 0.15) is 0 Å². The summed E-state index contributed by atoms with van der Waals surface area (Å²) in [6.07, 6.45) is 5.92. The Labute approximate surface area is 169 Å². The van der Waals surface area contributed by atoms with Gasteiger partial charge in [0.2, 0.25) is 5.88 Å². The standard InChI is InChI=1S/C21H36N2O3S/c1-7-25-18-12-13-22-20(23-18)27-15-11-9-8-10-14-26-19(24)21(6,16(2)3)17(4)5/h12-13,16-17H,7-11,14-15H2,1-6H3. The van der Waals surface area contributed by atoms with E-state index < -0.39 is 5.41 Å². The second kappa shape index (κ2) is 12.2. The molecule has 0 fully saturated rings. The quantitative estimate of drug-likeness (QED) is 0.193. The molecular formula is C21H36N2O3S. The van der Waals surface area contributed by atoms with Crippen LogP contribution in [0.3, 0.4) is 0 Å². The van der Waals surface area contributed by atoms with Gasteiger partial charge < -0.3 is 9.47 Å². The van der Waals surface area contributed by atoms with Crippen LogP contribution in [0.1, 0.15) is 67.2 Å². The van der Waals surface area contributed by atoms with Crippen molar-refractivity contribution in [2.75, 3.05) is 19.0 Å². The molecule has 0 N–H and O–H groups in total. The van der Waals surface area contributed by atoms with Crippen LogP contribution in [-0.4, -0.2) is 34.9 Å². The number of carbonyl (C=O) groups excluding carboxylic acids is 1. The number of carbonyl (C=O) groups is 1. The van der Waals surface area contributed by atoms with E-state index in [0.29, 0.717) is 19.1 Å². The van der Waals surface area contributed by atoms with Crippen LogP contribution in [0.25, 0.3) is 0 Å². The highest BCUT2D eigenvalue weighted by molar-refractivity contribution is 7.99. The van der Waals surface area contributed by atoms with Crippen molar-refractivity contribution in [3.8, 4) is 5.88 Å². The molecule has 0 radical (unpaired) electrons. The minimum atomic E-state index is -0.410. The summed E-state index contributed by atoms with van der Waals surface area (Å²) < 4.78 is 10.9. The third-order valence-electron chi connectivity index (χ3n) is 5.24. The highest BCUT2D eigenvalue weighted by atomic mass is 32.2. The second-order valence-corrected chi connectivity index (χ2v) is 8.66. The molecule has 0 aliphatic rings. The van der Waals surface area contributed by atoms with E-state index in [4.69, 9.17) is 9.47 Å². The Morgan fingerprint density at radius 2 is 1.81 bits per heavy atom. The van der Waals surface area contributed by atoms with E-state index in [1.165, 1.54) is 0 Å². The monoisotopic (exact) mass is 396 g/mol. The molecule has 0 spiro atoms. The molecule has 154 valence electrons. The van der Waals surface area contributed by atoms with Crippen LogP contribution in [0.2, 0.25) is 0 Å². The van der Waals surface area contributed by atoms with Crippen molar-refractivity contribution in [1.29, 1.82) is 0 Å². The molecule has 0 aromatic carbocycles. The average molecular weight is 397 g/mol. The SMILES string of the molecule is CCOc1ccnc(SCCCCCCOC(=O)C(C)(C(C)C)C(C)C)n1. The van der Waals surface area contributed by atoms with Gasteiger partial charge >= 0.3 is 5.97 Å². The van der Waals surface area contributed by atoms with E-state index in [-0.39, 0.29) is 17.8 Å². The largest absolute Gasteiger partial charge is 0.478 e. The lowest BCUT2D eigenvalue weighted by atomic mass is 9.70. The maximum atomic E-state index is 12.5. The van der Waals surface area contributed by atoms with Gasteiger partial charge in [0.05, 0.1) is 18.6 Å². The fraction of sp³-hybridized carbons (Fsp3) is 0.762. The molecule has 5 nitrogen and oxygen atoms in total. The molecule has 0 amide bonds. The number of hydrogen-bond acceptors (Lipinski definition) is 6. The molecule has 0 aliphatic heterocycles. The van der Waals surface area contributed by atoms with E-state index in [0.717, 1.165) is 36.6 Å². The fourth-order valence-corrected chi connectivity index (χ4v) is 3.62. The zero-order valence-corrected chi connectivity index (χ0v) is 18.6. The summed E-state index contributed by atoms with van der Waals surface area (Å²) in [7, 11) is 0. The molecule has 0 bridgehead atoms. The summed E-state index contributed by atoms with van der Waals surface area (Å²) in [4.78, 5) is 21.1. The van der Waals surface area contributed by atoms with Crippen LogP contribution >= 0.6 is 11.8 Å². The second-order valence-electron chi connectivity index (χ2n) is 7.60. The first-order valence-corrected chi connectivity index (χ1v) is 11.1. The number of nitrogens with zero attached hydrogens (tertiary/aromatic N) is 2. The molecule has 0 saturated heterocycles. The molecule has 1 heterocycles. The van der Waals surface area contributed by atoms with Crippen molar-refractivity contribution in [3.63, 3.8) is 0 Å². The molecule has 27 heavy (non-hydrogen) atoms. The minimum Gasteiger partial charge on any atom is -0.478 e. The lowest BCUT2D eigenvalue weighted by molar-refractivity contribution is -0.161.